The molecule has 0 bridgehead atoms. The van der Waals surface area contributed by atoms with E-state index in [1.165, 1.54) is 0 Å². The third-order valence-electron chi connectivity index (χ3n) is 4.21. The standard InChI is InChI=1S/C17H20BrN7O2/c1-16(2,3)27-15(26)22-17(4)7-24(8-17)13-14-23-20-9-25(14)11-5-10(18)6-19-12(11)21-13/h5-6,9H,7-8H2,1-4H3,(H,22,26). The third-order valence-corrected chi connectivity index (χ3v) is 4.65. The van der Waals surface area contributed by atoms with Crippen molar-refractivity contribution in [3.63, 3.8) is 0 Å². The van der Waals surface area contributed by atoms with Gasteiger partial charge in [-0.2, -0.15) is 0 Å². The largest absolute Gasteiger partial charge is 0.444 e. The molecule has 1 N–H and O–H groups in total. The highest BCUT2D eigenvalue weighted by Crippen LogP contribution is 2.31. The number of hydrogen-bond donors (Lipinski definition) is 1. The van der Waals surface area contributed by atoms with Crippen molar-refractivity contribution >= 4 is 44.7 Å². The van der Waals surface area contributed by atoms with Crippen molar-refractivity contribution in [1.29, 1.82) is 0 Å². The summed E-state index contributed by atoms with van der Waals surface area (Å²) in [6, 6.07) is 1.93. The Balaban J connectivity index is 1.58. The minimum atomic E-state index is -0.530. The Hall–Kier alpha value is -2.49. The van der Waals surface area contributed by atoms with Crippen molar-refractivity contribution in [2.75, 3.05) is 18.0 Å². The van der Waals surface area contributed by atoms with E-state index in [1.54, 1.807) is 12.5 Å². The van der Waals surface area contributed by atoms with E-state index in [9.17, 15) is 4.79 Å². The first-order valence-electron chi connectivity index (χ1n) is 8.55. The van der Waals surface area contributed by atoms with Crippen LogP contribution in [-0.2, 0) is 4.74 Å². The van der Waals surface area contributed by atoms with Crippen molar-refractivity contribution in [1.82, 2.24) is 29.9 Å². The highest BCUT2D eigenvalue weighted by Gasteiger charge is 2.42. The fraction of sp³-hybridized carbons (Fsp3) is 0.471. The molecule has 0 aliphatic carbocycles. The molecule has 1 aliphatic heterocycles. The number of pyridine rings is 1. The Bertz CT molecular complexity index is 1040. The van der Waals surface area contributed by atoms with Gasteiger partial charge in [-0.05, 0) is 49.7 Å². The molecule has 3 aromatic rings. The van der Waals surface area contributed by atoms with E-state index in [1.807, 2.05) is 43.1 Å². The van der Waals surface area contributed by atoms with Gasteiger partial charge in [-0.3, -0.25) is 4.40 Å². The van der Waals surface area contributed by atoms with Crippen molar-refractivity contribution in [3.05, 3.63) is 23.1 Å². The Morgan fingerprint density at radius 2 is 2.11 bits per heavy atom. The monoisotopic (exact) mass is 433 g/mol. The molecule has 4 rings (SSSR count). The summed E-state index contributed by atoms with van der Waals surface area (Å²) >= 11 is 3.43. The van der Waals surface area contributed by atoms with Crippen LogP contribution < -0.4 is 10.2 Å². The van der Waals surface area contributed by atoms with Crippen LogP contribution in [0.3, 0.4) is 0 Å². The zero-order chi connectivity index (χ0) is 19.4. The molecule has 1 fully saturated rings. The fourth-order valence-electron chi connectivity index (χ4n) is 3.19. The quantitative estimate of drug-likeness (QED) is 0.662. The van der Waals surface area contributed by atoms with Crippen LogP contribution in [0.15, 0.2) is 23.1 Å². The number of anilines is 1. The number of fused-ring (bicyclic) bond motifs is 3. The molecule has 0 saturated carbocycles. The first kappa shape index (κ1) is 17.9. The van der Waals surface area contributed by atoms with Crippen LogP contribution in [0.2, 0.25) is 0 Å². The summed E-state index contributed by atoms with van der Waals surface area (Å²) < 4.78 is 8.08. The number of carbonyl (C=O) groups is 1. The number of aromatic nitrogens is 5. The lowest BCUT2D eigenvalue weighted by Gasteiger charge is -2.48. The van der Waals surface area contributed by atoms with E-state index < -0.39 is 17.2 Å². The second kappa shape index (κ2) is 6.01. The van der Waals surface area contributed by atoms with E-state index in [0.717, 1.165) is 9.99 Å². The lowest BCUT2D eigenvalue weighted by atomic mass is 9.92. The van der Waals surface area contributed by atoms with Crippen molar-refractivity contribution in [3.8, 4) is 0 Å². The first-order chi connectivity index (χ1) is 12.6. The average molecular weight is 434 g/mol. The molecule has 0 atom stereocenters. The van der Waals surface area contributed by atoms with Gasteiger partial charge in [0.15, 0.2) is 11.5 Å². The molecule has 0 radical (unpaired) electrons. The van der Waals surface area contributed by atoms with Gasteiger partial charge in [0.1, 0.15) is 11.9 Å². The molecule has 0 aromatic carbocycles. The van der Waals surface area contributed by atoms with Gasteiger partial charge in [0, 0.05) is 23.8 Å². The summed E-state index contributed by atoms with van der Waals surface area (Å²) in [6.45, 7) is 8.68. The zero-order valence-corrected chi connectivity index (χ0v) is 17.1. The van der Waals surface area contributed by atoms with Gasteiger partial charge < -0.3 is 15.0 Å². The van der Waals surface area contributed by atoms with Crippen LogP contribution in [0.5, 0.6) is 0 Å². The summed E-state index contributed by atoms with van der Waals surface area (Å²) in [6.07, 6.45) is 2.93. The summed E-state index contributed by atoms with van der Waals surface area (Å²) in [7, 11) is 0. The molecule has 1 aliphatic rings. The van der Waals surface area contributed by atoms with E-state index in [2.05, 4.69) is 41.4 Å². The van der Waals surface area contributed by atoms with Gasteiger partial charge in [-0.25, -0.2) is 14.8 Å². The van der Waals surface area contributed by atoms with Gasteiger partial charge in [-0.15, -0.1) is 10.2 Å². The van der Waals surface area contributed by atoms with E-state index in [0.29, 0.717) is 30.2 Å². The fourth-order valence-corrected chi connectivity index (χ4v) is 3.51. The van der Waals surface area contributed by atoms with E-state index >= 15 is 0 Å². The highest BCUT2D eigenvalue weighted by atomic mass is 79.9. The van der Waals surface area contributed by atoms with Crippen LogP contribution in [0.4, 0.5) is 10.6 Å². The Labute approximate surface area is 164 Å². The van der Waals surface area contributed by atoms with E-state index in [4.69, 9.17) is 4.74 Å². The number of ether oxygens (including phenoxy) is 1. The van der Waals surface area contributed by atoms with Crippen molar-refractivity contribution in [2.45, 2.75) is 38.8 Å². The molecule has 4 heterocycles. The second-order valence-electron chi connectivity index (χ2n) is 8.00. The zero-order valence-electron chi connectivity index (χ0n) is 15.5. The Kier molecular flexibility index (Phi) is 3.99. The minimum Gasteiger partial charge on any atom is -0.444 e. The number of amides is 1. The van der Waals surface area contributed by atoms with Crippen LogP contribution >= 0.6 is 15.9 Å². The maximum absolute atomic E-state index is 12.1. The molecular weight excluding hydrogens is 414 g/mol. The lowest BCUT2D eigenvalue weighted by molar-refractivity contribution is 0.0445. The minimum absolute atomic E-state index is 0.400. The molecule has 3 aromatic heterocycles. The SMILES string of the molecule is CC1(NC(=O)OC(C)(C)C)CN(c2nc3ncc(Br)cc3n3cnnc23)C1. The predicted molar refractivity (Wildman–Crippen MR) is 104 cm³/mol. The molecule has 27 heavy (non-hydrogen) atoms. The van der Waals surface area contributed by atoms with Gasteiger partial charge in [-0.1, -0.05) is 0 Å². The van der Waals surface area contributed by atoms with Crippen molar-refractivity contribution in [2.24, 2.45) is 0 Å². The number of alkyl carbamates (subject to hydrolysis) is 1. The van der Waals surface area contributed by atoms with Crippen LogP contribution in [0.1, 0.15) is 27.7 Å². The molecule has 9 nitrogen and oxygen atoms in total. The predicted octanol–water partition coefficient (Wildman–Crippen LogP) is 2.54. The van der Waals surface area contributed by atoms with Crippen LogP contribution in [0.25, 0.3) is 16.8 Å². The van der Waals surface area contributed by atoms with Crippen LogP contribution in [0, 0.1) is 0 Å². The maximum Gasteiger partial charge on any atom is 0.408 e. The smallest absolute Gasteiger partial charge is 0.408 e. The number of nitrogens with one attached hydrogen (secondary N) is 1. The second-order valence-corrected chi connectivity index (χ2v) is 8.92. The van der Waals surface area contributed by atoms with Gasteiger partial charge in [0.05, 0.1) is 11.1 Å². The average Bonchev–Trinajstić information content (AvgIpc) is 3.00. The molecule has 0 unspecified atom stereocenters. The van der Waals surface area contributed by atoms with Gasteiger partial charge in [0.25, 0.3) is 0 Å². The number of nitrogens with zero attached hydrogens (tertiary/aromatic N) is 6. The highest BCUT2D eigenvalue weighted by molar-refractivity contribution is 9.10. The van der Waals surface area contributed by atoms with E-state index in [-0.39, 0.29) is 0 Å². The Morgan fingerprint density at radius 3 is 2.81 bits per heavy atom. The molecule has 0 spiro atoms. The lowest BCUT2D eigenvalue weighted by Crippen LogP contribution is -2.69. The summed E-state index contributed by atoms with van der Waals surface area (Å²) in [5.41, 5.74) is 1.15. The normalized spacial score (nSPS) is 16.4. The molecule has 142 valence electrons. The molecular formula is C17H20BrN7O2. The molecule has 1 saturated heterocycles. The Morgan fingerprint density at radius 1 is 1.37 bits per heavy atom. The van der Waals surface area contributed by atoms with Gasteiger partial charge in [0.2, 0.25) is 5.65 Å². The van der Waals surface area contributed by atoms with Gasteiger partial charge >= 0.3 is 6.09 Å². The summed E-state index contributed by atoms with van der Waals surface area (Å²) in [5, 5.41) is 11.2. The molecule has 1 amide bonds. The third kappa shape index (κ3) is 3.41. The maximum atomic E-state index is 12.1. The summed E-state index contributed by atoms with van der Waals surface area (Å²) in [4.78, 5) is 23.2. The number of rotatable bonds is 2. The molecule has 10 heteroatoms. The number of hydrogen-bond acceptors (Lipinski definition) is 7. The number of carbonyl (C=O) groups excluding carboxylic acids is 1. The van der Waals surface area contributed by atoms with Crippen LogP contribution in [-0.4, -0.2) is 54.9 Å². The number of halogens is 1. The summed E-state index contributed by atoms with van der Waals surface area (Å²) in [5.74, 6) is 0.693. The first-order valence-corrected chi connectivity index (χ1v) is 9.34. The van der Waals surface area contributed by atoms with Crippen molar-refractivity contribution < 1.29 is 9.53 Å². The topological polar surface area (TPSA) is 97.5 Å².